The number of nitrogens with two attached hydrogens (primary N) is 1. The van der Waals surface area contributed by atoms with Gasteiger partial charge in [-0.1, -0.05) is 0 Å². The van der Waals surface area contributed by atoms with Crippen LogP contribution in [0.25, 0.3) is 0 Å². The van der Waals surface area contributed by atoms with Gasteiger partial charge in [0.25, 0.3) is 0 Å². The minimum Gasteiger partial charge on any atom is -0.397 e. The van der Waals surface area contributed by atoms with Crippen molar-refractivity contribution in [3.63, 3.8) is 0 Å². The Labute approximate surface area is 95.7 Å². The van der Waals surface area contributed by atoms with Crippen molar-refractivity contribution < 1.29 is 0 Å². The van der Waals surface area contributed by atoms with Gasteiger partial charge in [-0.3, -0.25) is 0 Å². The highest BCUT2D eigenvalue weighted by Gasteiger charge is 2.30. The molecule has 1 heterocycles. The van der Waals surface area contributed by atoms with Crippen LogP contribution in [-0.4, -0.2) is 17.6 Å². The molecule has 1 aliphatic rings. The quantitative estimate of drug-likeness (QED) is 0.834. The van der Waals surface area contributed by atoms with E-state index in [0.29, 0.717) is 18.2 Å². The number of rotatable bonds is 4. The Hall–Kier alpha value is -1.76. The molecule has 16 heavy (non-hydrogen) atoms. The summed E-state index contributed by atoms with van der Waals surface area (Å²) in [6.07, 6.45) is 4.64. The van der Waals surface area contributed by atoms with E-state index < -0.39 is 0 Å². The van der Waals surface area contributed by atoms with Crippen LogP contribution in [-0.2, 0) is 0 Å². The fourth-order valence-electron chi connectivity index (χ4n) is 1.91. The molecule has 0 bridgehead atoms. The van der Waals surface area contributed by atoms with Crippen LogP contribution in [0.1, 0.15) is 24.8 Å². The molecule has 1 fully saturated rings. The summed E-state index contributed by atoms with van der Waals surface area (Å²) >= 11 is 0. The Kier molecular flexibility index (Phi) is 2.95. The molecule has 0 atom stereocenters. The van der Waals surface area contributed by atoms with Gasteiger partial charge in [0.15, 0.2) is 0 Å². The van der Waals surface area contributed by atoms with Gasteiger partial charge >= 0.3 is 0 Å². The number of anilines is 2. The van der Waals surface area contributed by atoms with Gasteiger partial charge in [0.05, 0.1) is 24.4 Å². The molecule has 84 valence electrons. The van der Waals surface area contributed by atoms with Crippen LogP contribution in [0, 0.1) is 18.3 Å². The van der Waals surface area contributed by atoms with E-state index in [2.05, 4.69) is 16.0 Å². The molecule has 1 aromatic rings. The molecule has 2 N–H and O–H groups in total. The van der Waals surface area contributed by atoms with Crippen LogP contribution in [0.15, 0.2) is 12.3 Å². The summed E-state index contributed by atoms with van der Waals surface area (Å²) in [6, 6.07) is 4.69. The summed E-state index contributed by atoms with van der Waals surface area (Å²) in [7, 11) is 0. The molecule has 4 nitrogen and oxygen atoms in total. The summed E-state index contributed by atoms with van der Waals surface area (Å²) in [5.41, 5.74) is 7.47. The Balaban J connectivity index is 2.21. The predicted octanol–water partition coefficient (Wildman–Crippen LogP) is 1.85. The van der Waals surface area contributed by atoms with Gasteiger partial charge in [-0.25, -0.2) is 4.98 Å². The molecule has 1 saturated carbocycles. The minimum absolute atomic E-state index is 0.544. The van der Waals surface area contributed by atoms with Crippen LogP contribution < -0.4 is 10.6 Å². The average Bonchev–Trinajstić information content (AvgIpc) is 3.05. The highest BCUT2D eigenvalue weighted by molar-refractivity contribution is 5.54. The summed E-state index contributed by atoms with van der Waals surface area (Å²) in [5, 5.41) is 8.66. The van der Waals surface area contributed by atoms with Crippen molar-refractivity contribution in [2.24, 2.45) is 0 Å². The normalized spacial score (nSPS) is 14.5. The molecule has 0 saturated heterocycles. The van der Waals surface area contributed by atoms with E-state index in [1.807, 2.05) is 13.0 Å². The second-order valence-electron chi connectivity index (χ2n) is 4.24. The van der Waals surface area contributed by atoms with Gasteiger partial charge in [-0.05, 0) is 31.4 Å². The summed E-state index contributed by atoms with van der Waals surface area (Å²) in [5.74, 6) is 0.979. The zero-order valence-electron chi connectivity index (χ0n) is 9.48. The summed E-state index contributed by atoms with van der Waals surface area (Å²) in [4.78, 5) is 6.62. The number of aryl methyl sites for hydroxylation is 1. The van der Waals surface area contributed by atoms with Crippen LogP contribution in [0.3, 0.4) is 0 Å². The molecular weight excluding hydrogens is 200 g/mol. The SMILES string of the molecule is Cc1cc(N)cnc1N(CCC#N)C1CC1. The van der Waals surface area contributed by atoms with E-state index in [1.165, 1.54) is 12.8 Å². The molecule has 0 aromatic carbocycles. The summed E-state index contributed by atoms with van der Waals surface area (Å²) < 4.78 is 0. The number of pyridine rings is 1. The van der Waals surface area contributed by atoms with E-state index in [4.69, 9.17) is 11.0 Å². The number of nitrogen functional groups attached to an aromatic ring is 1. The number of hydrogen-bond acceptors (Lipinski definition) is 4. The largest absolute Gasteiger partial charge is 0.397 e. The average molecular weight is 216 g/mol. The van der Waals surface area contributed by atoms with E-state index in [1.54, 1.807) is 6.20 Å². The third kappa shape index (κ3) is 2.25. The number of nitrogens with zero attached hydrogens (tertiary/aromatic N) is 3. The lowest BCUT2D eigenvalue weighted by Gasteiger charge is -2.24. The first kappa shape index (κ1) is 10.7. The molecule has 0 amide bonds. The number of aromatic nitrogens is 1. The van der Waals surface area contributed by atoms with Crippen LogP contribution in [0.2, 0.25) is 0 Å². The van der Waals surface area contributed by atoms with Crippen LogP contribution in [0.4, 0.5) is 11.5 Å². The molecule has 2 rings (SSSR count). The van der Waals surface area contributed by atoms with E-state index in [0.717, 1.165) is 17.9 Å². The third-order valence-corrected chi connectivity index (χ3v) is 2.80. The Morgan fingerprint density at radius 1 is 1.62 bits per heavy atom. The van der Waals surface area contributed by atoms with E-state index in [9.17, 15) is 0 Å². The maximum Gasteiger partial charge on any atom is 0.131 e. The fourth-order valence-corrected chi connectivity index (χ4v) is 1.91. The highest BCUT2D eigenvalue weighted by atomic mass is 15.2. The van der Waals surface area contributed by atoms with E-state index in [-0.39, 0.29) is 0 Å². The van der Waals surface area contributed by atoms with E-state index >= 15 is 0 Å². The fraction of sp³-hybridized carbons (Fsp3) is 0.500. The predicted molar refractivity (Wildman–Crippen MR) is 64.0 cm³/mol. The van der Waals surface area contributed by atoms with Gasteiger partial charge in [0, 0.05) is 12.6 Å². The first-order valence-corrected chi connectivity index (χ1v) is 5.58. The molecule has 0 radical (unpaired) electrons. The Morgan fingerprint density at radius 3 is 2.94 bits per heavy atom. The third-order valence-electron chi connectivity index (χ3n) is 2.80. The topological polar surface area (TPSA) is 65.9 Å². The second-order valence-corrected chi connectivity index (χ2v) is 4.24. The minimum atomic E-state index is 0.544. The van der Waals surface area contributed by atoms with Gasteiger partial charge in [-0.15, -0.1) is 0 Å². The van der Waals surface area contributed by atoms with Crippen molar-refractivity contribution in [2.75, 3.05) is 17.2 Å². The first-order chi connectivity index (χ1) is 7.72. The van der Waals surface area contributed by atoms with Crippen molar-refractivity contribution in [1.82, 2.24) is 4.98 Å². The molecule has 0 spiro atoms. The Bertz CT molecular complexity index is 418. The lowest BCUT2D eigenvalue weighted by atomic mass is 10.2. The molecular formula is C12H16N4. The molecule has 1 aromatic heterocycles. The monoisotopic (exact) mass is 216 g/mol. The van der Waals surface area contributed by atoms with Crippen LogP contribution in [0.5, 0.6) is 0 Å². The lowest BCUT2D eigenvalue weighted by molar-refractivity contribution is 0.774. The van der Waals surface area contributed by atoms with Crippen molar-refractivity contribution >= 4 is 11.5 Å². The molecule has 4 heteroatoms. The number of hydrogen-bond donors (Lipinski definition) is 1. The molecule has 0 unspecified atom stereocenters. The molecule has 1 aliphatic carbocycles. The number of nitriles is 1. The maximum atomic E-state index is 8.66. The smallest absolute Gasteiger partial charge is 0.131 e. The zero-order chi connectivity index (χ0) is 11.5. The van der Waals surface area contributed by atoms with Crippen molar-refractivity contribution in [1.29, 1.82) is 5.26 Å². The second kappa shape index (κ2) is 4.40. The van der Waals surface area contributed by atoms with Gasteiger partial charge in [-0.2, -0.15) is 5.26 Å². The Morgan fingerprint density at radius 2 is 2.38 bits per heavy atom. The highest BCUT2D eigenvalue weighted by Crippen LogP contribution is 2.32. The standard InChI is InChI=1S/C12H16N4/c1-9-7-10(14)8-15-12(9)16(6-2-5-13)11-3-4-11/h7-8,11H,2-4,6,14H2,1H3. The van der Waals surface area contributed by atoms with Crippen molar-refractivity contribution in [3.05, 3.63) is 17.8 Å². The first-order valence-electron chi connectivity index (χ1n) is 5.58. The summed E-state index contributed by atoms with van der Waals surface area (Å²) in [6.45, 7) is 2.78. The lowest BCUT2D eigenvalue weighted by Crippen LogP contribution is -2.28. The zero-order valence-corrected chi connectivity index (χ0v) is 9.48. The van der Waals surface area contributed by atoms with Gasteiger partial charge in [0.1, 0.15) is 5.82 Å². The molecule has 0 aliphatic heterocycles. The maximum absolute atomic E-state index is 8.66. The van der Waals surface area contributed by atoms with Crippen molar-refractivity contribution in [2.45, 2.75) is 32.2 Å². The van der Waals surface area contributed by atoms with Crippen LogP contribution >= 0.6 is 0 Å². The van der Waals surface area contributed by atoms with Gasteiger partial charge in [0.2, 0.25) is 0 Å². The van der Waals surface area contributed by atoms with Gasteiger partial charge < -0.3 is 10.6 Å². The van der Waals surface area contributed by atoms with Crippen molar-refractivity contribution in [3.8, 4) is 6.07 Å².